The van der Waals surface area contributed by atoms with E-state index in [2.05, 4.69) is 76.1 Å². The Morgan fingerprint density at radius 1 is 0.847 bits per heavy atom. The first kappa shape index (κ1) is 49.3. The van der Waals surface area contributed by atoms with E-state index in [1.165, 1.54) is 0 Å². The van der Waals surface area contributed by atoms with Crippen LogP contribution in [0.4, 0.5) is 11.6 Å². The Hall–Kier alpha value is -4.02. The number of halogens is 1. The third-order valence-corrected chi connectivity index (χ3v) is 9.79. The number of aromatic nitrogens is 8. The van der Waals surface area contributed by atoms with E-state index in [-0.39, 0.29) is 95.8 Å². The van der Waals surface area contributed by atoms with Crippen molar-refractivity contribution in [3.63, 3.8) is 0 Å². The maximum atomic E-state index is 12.4. The summed E-state index contributed by atoms with van der Waals surface area (Å²) in [6, 6.07) is 4.75. The number of hydrogen-bond acceptors (Lipinski definition) is 16. The van der Waals surface area contributed by atoms with Crippen molar-refractivity contribution < 1.29 is 85.1 Å². The zero-order valence-corrected chi connectivity index (χ0v) is 38.9. The van der Waals surface area contributed by atoms with Gasteiger partial charge in [0.05, 0.1) is 24.8 Å². The number of nitrogens with one attached hydrogen (secondary N) is 1. The minimum Gasteiger partial charge on any atom is -1.00 e. The van der Waals surface area contributed by atoms with Gasteiger partial charge in [-0.3, -0.25) is 23.7 Å². The molecule has 2 saturated carbocycles. The van der Waals surface area contributed by atoms with Crippen LogP contribution in [0.15, 0.2) is 37.2 Å². The molecule has 6 heterocycles. The van der Waals surface area contributed by atoms with Gasteiger partial charge >= 0.3 is 59.1 Å². The molecule has 0 spiro atoms. The van der Waals surface area contributed by atoms with E-state index < -0.39 is 0 Å². The molecule has 1 amide bonds. The van der Waals surface area contributed by atoms with E-state index in [9.17, 15) is 20.1 Å². The third kappa shape index (κ3) is 14.0. The number of amides is 1. The Morgan fingerprint density at radius 2 is 1.34 bits per heavy atom. The molecule has 22 heteroatoms. The quantitative estimate of drug-likeness (QED) is 0.0606. The van der Waals surface area contributed by atoms with Gasteiger partial charge in [-0.15, -0.1) is 0 Å². The Morgan fingerprint density at radius 3 is 1.69 bits per heavy atom. The molecule has 2 saturated heterocycles. The summed E-state index contributed by atoms with van der Waals surface area (Å²) in [5, 5.41) is 38.5. The maximum Gasteiger partial charge on any atom is 1.00 e. The van der Waals surface area contributed by atoms with Crippen molar-refractivity contribution >= 4 is 40.9 Å². The molecule has 59 heavy (non-hydrogen) atoms. The Kier molecular flexibility index (Phi) is 19.8. The van der Waals surface area contributed by atoms with E-state index in [1.54, 1.807) is 34.2 Å². The molecule has 1 N–H and O–H groups in total. The van der Waals surface area contributed by atoms with Gasteiger partial charge in [-0.1, -0.05) is 0 Å². The first-order valence-corrected chi connectivity index (χ1v) is 18.8. The molecule has 19 nitrogen and oxygen atoms in total. The van der Waals surface area contributed by atoms with Crippen LogP contribution in [0, 0.1) is 34.5 Å². The molecule has 2 atom stereocenters. The number of carbonyl (C=O) groups is 3. The first-order chi connectivity index (χ1) is 27.5. The number of aryl methyl sites for hydroxylation is 2. The Labute approximate surface area is 393 Å². The topological polar surface area (TPSA) is 240 Å². The third-order valence-electron chi connectivity index (χ3n) is 9.48. The molecule has 0 unspecified atom stereocenters. The van der Waals surface area contributed by atoms with Crippen molar-refractivity contribution in [2.75, 3.05) is 49.1 Å². The molecule has 4 aliphatic rings. The normalized spacial score (nSPS) is 17.9. The molecule has 4 aromatic rings. The minimum absolute atomic E-state index is 0. The van der Waals surface area contributed by atoms with Crippen LogP contribution in [0.5, 0.6) is 0 Å². The summed E-state index contributed by atoms with van der Waals surface area (Å²) in [5.74, 6) is 2.30. The smallest absolute Gasteiger partial charge is 1.00 e. The second-order valence-corrected chi connectivity index (χ2v) is 14.4. The van der Waals surface area contributed by atoms with E-state index >= 15 is 0 Å². The van der Waals surface area contributed by atoms with Crippen molar-refractivity contribution in [2.24, 2.45) is 25.9 Å². The van der Waals surface area contributed by atoms with E-state index in [0.717, 1.165) is 74.6 Å². The van der Waals surface area contributed by atoms with Crippen LogP contribution in [0.3, 0.4) is 0 Å². The van der Waals surface area contributed by atoms with Crippen molar-refractivity contribution in [3.8, 4) is 34.7 Å². The molecular formula is C37H45ClN14Na2O5. The van der Waals surface area contributed by atoms with E-state index in [4.69, 9.17) is 21.7 Å². The van der Waals surface area contributed by atoms with Gasteiger partial charge in [0.25, 0.3) is 6.47 Å². The summed E-state index contributed by atoms with van der Waals surface area (Å²) >= 11 is 5.04. The van der Waals surface area contributed by atoms with Gasteiger partial charge < -0.3 is 31.6 Å². The van der Waals surface area contributed by atoms with Crippen LogP contribution in [0.1, 0.15) is 52.3 Å². The number of hydrogen-bond donors (Lipinski definition) is 1. The van der Waals surface area contributed by atoms with Crippen LogP contribution in [-0.4, -0.2) is 113 Å². The number of nitriles is 2. The molecule has 0 bridgehead atoms. The van der Waals surface area contributed by atoms with Crippen LogP contribution in [0.2, 0.25) is 0 Å². The van der Waals surface area contributed by atoms with Gasteiger partial charge in [0.1, 0.15) is 35.2 Å². The number of nitrogens with zero attached hydrogens (tertiary/aromatic N) is 13. The molecule has 4 fully saturated rings. The van der Waals surface area contributed by atoms with Crippen LogP contribution >= 0.6 is 11.6 Å². The predicted octanol–water partition coefficient (Wildman–Crippen LogP) is -4.54. The summed E-state index contributed by atoms with van der Waals surface area (Å²) in [6.45, 7) is 8.86. The summed E-state index contributed by atoms with van der Waals surface area (Å²) in [4.78, 5) is 57.8. The van der Waals surface area contributed by atoms with Crippen molar-refractivity contribution in [1.82, 2.24) is 49.7 Å². The van der Waals surface area contributed by atoms with Crippen molar-refractivity contribution in [2.45, 2.75) is 51.6 Å². The fourth-order valence-corrected chi connectivity index (χ4v) is 6.44. The predicted molar refractivity (Wildman–Crippen MR) is 206 cm³/mol. The zero-order valence-electron chi connectivity index (χ0n) is 35.2. The zero-order chi connectivity index (χ0) is 41.1. The number of carbonyl (C=O) groups excluding carboxylic acids is 3. The van der Waals surface area contributed by atoms with Crippen LogP contribution < -0.4 is 79.5 Å². The number of piperazine rings is 2. The van der Waals surface area contributed by atoms with E-state index in [0.29, 0.717) is 42.1 Å². The van der Waals surface area contributed by atoms with Gasteiger partial charge in [-0.25, -0.2) is 19.9 Å². The fourth-order valence-electron chi connectivity index (χ4n) is 6.23. The molecule has 302 valence electrons. The molecule has 2 aliphatic heterocycles. The van der Waals surface area contributed by atoms with Gasteiger partial charge in [-0.05, 0) is 51.1 Å². The summed E-state index contributed by atoms with van der Waals surface area (Å²) in [7, 11) is 3.66. The van der Waals surface area contributed by atoms with Gasteiger partial charge in [-0.2, -0.15) is 20.7 Å². The monoisotopic (exact) mass is 846 g/mol. The van der Waals surface area contributed by atoms with Crippen molar-refractivity contribution in [1.29, 1.82) is 10.5 Å². The summed E-state index contributed by atoms with van der Waals surface area (Å²) < 4.78 is 3.37. The van der Waals surface area contributed by atoms with Gasteiger partial charge in [0.2, 0.25) is 11.1 Å². The largest absolute Gasteiger partial charge is 1.00 e. The second-order valence-electron chi connectivity index (χ2n) is 14.1. The molecular weight excluding hydrogens is 802 g/mol. The molecule has 0 aromatic carbocycles. The van der Waals surface area contributed by atoms with E-state index in [1.807, 2.05) is 31.4 Å². The van der Waals surface area contributed by atoms with Crippen LogP contribution in [-0.2, 0) is 33.4 Å². The average molecular weight is 847 g/mol. The molecule has 4 aromatic heterocycles. The van der Waals surface area contributed by atoms with Gasteiger partial charge in [0.15, 0.2) is 11.4 Å². The number of rotatable bonds is 7. The maximum absolute atomic E-state index is 12.4. The Bertz CT molecular complexity index is 2120. The Balaban J connectivity index is 0.000000327. The fraction of sp³-hybridized carbons (Fsp3) is 0.486. The van der Waals surface area contributed by atoms with Gasteiger partial charge in [0, 0.05) is 101 Å². The SMILES string of the molecule is C[C@@H]1CN(c2cnc(C#N)c(-c3cnn(C)c3)n2)CCN1.C[C@@H]1CN(c2cnc(C#N)c(-c3cnn(C)c3)n2)CCN1C(=O)C1CC1.O=C(Cl)C1CC1.O=CO[O-].[H-].[Na+].[Na+]. The summed E-state index contributed by atoms with van der Waals surface area (Å²) in [5.41, 5.74) is 3.34. The standard InChI is InChI=1S/C18H21N7O.C14H17N7.C4H5ClO.CH2O3.2Na.H/c1-12-10-24(5-6-25(12)18(26)13-3-4-13)16-9-20-15(7-19)17(22-16)14-8-21-23(2)11-14;1-10-8-21(4-3-16-10)13-7-17-12(5-15)14(19-13)11-6-18-20(2)9-11;5-4(6)3-1-2-3;2-1-4-3;;;/h8-9,11-13H,3-6,10H2,1-2H3;6-7,9-10,16H,3-4,8H2,1-2H3;3H,1-2H2;1,3H;;;/q;;;;2*+1;-1/p-1/t12-;10-;;;;;/m11...../s1. The summed E-state index contributed by atoms with van der Waals surface area (Å²) in [6.07, 6.45) is 14.5. The first-order valence-electron chi connectivity index (χ1n) is 18.4. The molecule has 2 aliphatic carbocycles. The second kappa shape index (κ2) is 23.7. The van der Waals surface area contributed by atoms with Crippen LogP contribution in [0.25, 0.3) is 22.5 Å². The van der Waals surface area contributed by atoms with Crippen molar-refractivity contribution in [3.05, 3.63) is 48.6 Å². The minimum atomic E-state index is -0.181. The molecule has 8 rings (SSSR count). The average Bonchev–Trinajstić information content (AvgIpc) is 4.17. The molecule has 0 radical (unpaired) electrons. The number of anilines is 2.